The molecule has 29 heavy (non-hydrogen) atoms. The number of nitrogens with one attached hydrogen (secondary N) is 1. The summed E-state index contributed by atoms with van der Waals surface area (Å²) in [6, 6.07) is 19.6. The number of carbonyl (C=O) groups is 2. The highest BCUT2D eigenvalue weighted by atomic mass is 32.1. The minimum absolute atomic E-state index is 0.236. The van der Waals surface area contributed by atoms with Crippen LogP contribution in [-0.4, -0.2) is 23.3 Å². The van der Waals surface area contributed by atoms with Gasteiger partial charge in [-0.25, -0.2) is 0 Å². The number of amides is 2. The van der Waals surface area contributed by atoms with Crippen LogP contribution < -0.4 is 5.32 Å². The van der Waals surface area contributed by atoms with Crippen molar-refractivity contribution in [3.8, 4) is 0 Å². The molecule has 0 saturated carbocycles. The van der Waals surface area contributed by atoms with Gasteiger partial charge in [0.2, 0.25) is 0 Å². The number of aryl methyl sites for hydroxylation is 2. The predicted octanol–water partition coefficient (Wildman–Crippen LogP) is 4.80. The molecule has 5 heteroatoms. The number of benzene rings is 2. The first-order valence-corrected chi connectivity index (χ1v) is 10.4. The summed E-state index contributed by atoms with van der Waals surface area (Å²) in [6.45, 7) is 4.43. The number of thiophene rings is 1. The second-order valence-electron chi connectivity index (χ2n) is 7.15. The van der Waals surface area contributed by atoms with E-state index in [1.54, 1.807) is 0 Å². The van der Waals surface area contributed by atoms with Crippen LogP contribution in [0.1, 0.15) is 21.6 Å². The van der Waals surface area contributed by atoms with Gasteiger partial charge in [0.15, 0.2) is 0 Å². The molecule has 0 fully saturated rings. The van der Waals surface area contributed by atoms with E-state index in [4.69, 9.17) is 0 Å². The Hall–Kier alpha value is -3.18. The maximum atomic E-state index is 13.2. The van der Waals surface area contributed by atoms with Crippen molar-refractivity contribution in [3.63, 3.8) is 0 Å². The molecule has 3 aromatic rings. The van der Waals surface area contributed by atoms with Crippen LogP contribution in [0.25, 0.3) is 5.57 Å². The third-order valence-corrected chi connectivity index (χ3v) is 6.07. The Morgan fingerprint density at radius 1 is 0.897 bits per heavy atom. The summed E-state index contributed by atoms with van der Waals surface area (Å²) in [5.74, 6) is -0.507. The first kappa shape index (κ1) is 19.2. The Bertz CT molecular complexity index is 1090. The highest BCUT2D eigenvalue weighted by Crippen LogP contribution is 2.33. The van der Waals surface area contributed by atoms with Gasteiger partial charge in [0.25, 0.3) is 11.8 Å². The van der Waals surface area contributed by atoms with Gasteiger partial charge in [-0.15, -0.1) is 11.3 Å². The fourth-order valence-corrected chi connectivity index (χ4v) is 4.16. The SMILES string of the molecule is Cc1ccc(NC2=C(c3cccs3)C(=O)N(CCc3ccccc3)C2=O)cc1C. The monoisotopic (exact) mass is 402 g/mol. The third-order valence-electron chi connectivity index (χ3n) is 5.18. The summed E-state index contributed by atoms with van der Waals surface area (Å²) < 4.78 is 0. The standard InChI is InChI=1S/C24H22N2O2S/c1-16-10-11-19(15-17(16)2)25-22-21(20-9-6-14-29-20)23(27)26(24(22)28)13-12-18-7-4-3-5-8-18/h3-11,14-15,25H,12-13H2,1-2H3. The summed E-state index contributed by atoms with van der Waals surface area (Å²) in [7, 11) is 0. The van der Waals surface area contributed by atoms with Crippen LogP contribution in [0.5, 0.6) is 0 Å². The highest BCUT2D eigenvalue weighted by molar-refractivity contribution is 7.11. The Morgan fingerprint density at radius 2 is 1.69 bits per heavy atom. The van der Waals surface area contributed by atoms with Gasteiger partial charge in [-0.1, -0.05) is 42.5 Å². The molecule has 4 nitrogen and oxygen atoms in total. The Balaban J connectivity index is 1.64. The normalized spacial score (nSPS) is 14.1. The van der Waals surface area contributed by atoms with Crippen LogP contribution in [0.15, 0.2) is 71.7 Å². The lowest BCUT2D eigenvalue weighted by molar-refractivity contribution is -0.136. The molecule has 1 aliphatic rings. The smallest absolute Gasteiger partial charge is 0.278 e. The second-order valence-corrected chi connectivity index (χ2v) is 8.10. The van der Waals surface area contributed by atoms with E-state index in [1.807, 2.05) is 79.9 Å². The van der Waals surface area contributed by atoms with E-state index >= 15 is 0 Å². The largest absolute Gasteiger partial charge is 0.350 e. The molecular formula is C24H22N2O2S. The van der Waals surface area contributed by atoms with Gasteiger partial charge < -0.3 is 5.32 Å². The van der Waals surface area contributed by atoms with Crippen molar-refractivity contribution in [1.82, 2.24) is 4.90 Å². The van der Waals surface area contributed by atoms with E-state index < -0.39 is 0 Å². The van der Waals surface area contributed by atoms with Gasteiger partial charge in [-0.05, 0) is 60.5 Å². The van der Waals surface area contributed by atoms with Crippen molar-refractivity contribution in [1.29, 1.82) is 0 Å². The van der Waals surface area contributed by atoms with Crippen LogP contribution in [0.2, 0.25) is 0 Å². The summed E-state index contributed by atoms with van der Waals surface area (Å²) in [4.78, 5) is 28.5. The number of anilines is 1. The molecule has 0 aliphatic carbocycles. The zero-order valence-corrected chi connectivity index (χ0v) is 17.3. The van der Waals surface area contributed by atoms with E-state index in [0.29, 0.717) is 24.2 Å². The van der Waals surface area contributed by atoms with Gasteiger partial charge in [-0.3, -0.25) is 14.5 Å². The number of rotatable bonds is 6. The maximum absolute atomic E-state index is 13.2. The molecule has 146 valence electrons. The molecule has 2 aromatic carbocycles. The van der Waals surface area contributed by atoms with Crippen LogP contribution >= 0.6 is 11.3 Å². The molecule has 1 aliphatic heterocycles. The summed E-state index contributed by atoms with van der Waals surface area (Å²) >= 11 is 1.46. The van der Waals surface area contributed by atoms with E-state index in [2.05, 4.69) is 5.32 Å². The van der Waals surface area contributed by atoms with Crippen LogP contribution in [-0.2, 0) is 16.0 Å². The third kappa shape index (κ3) is 3.87. The number of nitrogens with zero attached hydrogens (tertiary/aromatic N) is 1. The zero-order valence-electron chi connectivity index (χ0n) is 16.4. The molecule has 1 N–H and O–H groups in total. The Morgan fingerprint density at radius 3 is 2.38 bits per heavy atom. The molecular weight excluding hydrogens is 380 g/mol. The lowest BCUT2D eigenvalue weighted by Gasteiger charge is -2.15. The molecule has 1 aromatic heterocycles. The number of imide groups is 1. The lowest BCUT2D eigenvalue weighted by Crippen LogP contribution is -2.34. The minimum Gasteiger partial charge on any atom is -0.350 e. The minimum atomic E-state index is -0.271. The van der Waals surface area contributed by atoms with Crippen molar-refractivity contribution >= 4 is 34.4 Å². The van der Waals surface area contributed by atoms with Gasteiger partial charge in [0, 0.05) is 17.1 Å². The van der Waals surface area contributed by atoms with Crippen LogP contribution in [0.4, 0.5) is 5.69 Å². The Kier molecular flexibility index (Phi) is 5.32. The topological polar surface area (TPSA) is 49.4 Å². The van der Waals surface area contributed by atoms with Crippen molar-refractivity contribution in [2.24, 2.45) is 0 Å². The molecule has 2 amide bonds. The lowest BCUT2D eigenvalue weighted by atomic mass is 10.1. The van der Waals surface area contributed by atoms with Crippen molar-refractivity contribution < 1.29 is 9.59 Å². The molecule has 0 radical (unpaired) electrons. The average molecular weight is 403 g/mol. The van der Waals surface area contributed by atoms with Crippen molar-refractivity contribution in [2.75, 3.05) is 11.9 Å². The van der Waals surface area contributed by atoms with Gasteiger partial charge in [-0.2, -0.15) is 0 Å². The summed E-state index contributed by atoms with van der Waals surface area (Å²) in [6.07, 6.45) is 0.632. The predicted molar refractivity (Wildman–Crippen MR) is 118 cm³/mol. The number of hydrogen-bond acceptors (Lipinski definition) is 4. The first-order chi connectivity index (χ1) is 14.0. The van der Waals surface area contributed by atoms with Crippen molar-refractivity contribution in [2.45, 2.75) is 20.3 Å². The molecule has 0 bridgehead atoms. The van der Waals surface area contributed by atoms with Gasteiger partial charge >= 0.3 is 0 Å². The van der Waals surface area contributed by atoms with E-state index in [9.17, 15) is 9.59 Å². The van der Waals surface area contributed by atoms with Crippen molar-refractivity contribution in [3.05, 3.63) is 93.3 Å². The maximum Gasteiger partial charge on any atom is 0.278 e. The molecule has 0 atom stereocenters. The average Bonchev–Trinajstić information content (AvgIpc) is 3.32. The van der Waals surface area contributed by atoms with Gasteiger partial charge in [0.1, 0.15) is 5.70 Å². The highest BCUT2D eigenvalue weighted by Gasteiger charge is 2.39. The number of carbonyl (C=O) groups excluding carboxylic acids is 2. The van der Waals surface area contributed by atoms with E-state index in [0.717, 1.165) is 21.7 Å². The van der Waals surface area contributed by atoms with E-state index in [-0.39, 0.29) is 11.8 Å². The molecule has 0 unspecified atom stereocenters. The summed E-state index contributed by atoms with van der Waals surface area (Å²) in [5.41, 5.74) is 5.03. The molecule has 0 spiro atoms. The first-order valence-electron chi connectivity index (χ1n) is 9.57. The molecule has 0 saturated heterocycles. The molecule has 2 heterocycles. The summed E-state index contributed by atoms with van der Waals surface area (Å²) in [5, 5.41) is 5.15. The quantitative estimate of drug-likeness (QED) is 0.603. The molecule has 4 rings (SSSR count). The van der Waals surface area contributed by atoms with Crippen LogP contribution in [0, 0.1) is 13.8 Å². The fraction of sp³-hybridized carbons (Fsp3) is 0.167. The Labute approximate surface area is 174 Å². The zero-order chi connectivity index (χ0) is 20.4. The fourth-order valence-electron chi connectivity index (χ4n) is 3.39. The van der Waals surface area contributed by atoms with E-state index in [1.165, 1.54) is 21.8 Å². The second kappa shape index (κ2) is 8.05. The number of hydrogen-bond donors (Lipinski definition) is 1. The van der Waals surface area contributed by atoms with Gasteiger partial charge in [0.05, 0.1) is 5.57 Å². The van der Waals surface area contributed by atoms with Crippen LogP contribution in [0.3, 0.4) is 0 Å².